The summed E-state index contributed by atoms with van der Waals surface area (Å²) in [5, 5.41) is 12.9. The van der Waals surface area contributed by atoms with Gasteiger partial charge in [0.15, 0.2) is 0 Å². The summed E-state index contributed by atoms with van der Waals surface area (Å²) >= 11 is 1.56. The van der Waals surface area contributed by atoms with Crippen LogP contribution in [0.4, 0.5) is 0 Å². The van der Waals surface area contributed by atoms with Crippen LogP contribution in [0, 0.1) is 0 Å². The van der Waals surface area contributed by atoms with Crippen LogP contribution in [0.1, 0.15) is 13.4 Å². The van der Waals surface area contributed by atoms with Crippen LogP contribution in [0.5, 0.6) is 0 Å². The van der Waals surface area contributed by atoms with Crippen molar-refractivity contribution < 1.29 is 6.22 Å². The second-order valence-corrected chi connectivity index (χ2v) is 4.66. The third-order valence-electron chi connectivity index (χ3n) is 2.20. The first kappa shape index (κ1) is 11.7. The fraction of sp³-hybridized carbons (Fsp3) is 0.250. The van der Waals surface area contributed by atoms with Crippen LogP contribution in [0.25, 0.3) is 10.6 Å². The highest BCUT2D eigenvalue weighted by Crippen LogP contribution is 2.22. The zero-order valence-corrected chi connectivity index (χ0v) is 10.3. The number of nitrogens with one attached hydrogen (secondary N) is 1. The van der Waals surface area contributed by atoms with Gasteiger partial charge in [-0.05, 0) is 0 Å². The summed E-state index contributed by atoms with van der Waals surface area (Å²) in [5.41, 5.74) is 1.08. The van der Waals surface area contributed by atoms with Gasteiger partial charge in [0.05, 0.1) is 0 Å². The Bertz CT molecular complexity index is 501. The average Bonchev–Trinajstić information content (AvgIpc) is 2.78. The van der Waals surface area contributed by atoms with Crippen molar-refractivity contribution in [2.45, 2.75) is 13.3 Å². The minimum absolute atomic E-state index is 0. The van der Waals surface area contributed by atoms with Crippen molar-refractivity contribution in [3.8, 4) is 10.6 Å². The first-order valence-corrected chi connectivity index (χ1v) is 6.19. The molecule has 0 atom stereocenters. The lowest BCUT2D eigenvalue weighted by Crippen LogP contribution is -2.22. The molecular weight excluding hydrogens is 234 g/mol. The second kappa shape index (κ2) is 5.54. The van der Waals surface area contributed by atoms with E-state index in [1.165, 1.54) is 6.92 Å². The van der Waals surface area contributed by atoms with E-state index in [4.69, 9.17) is 0 Å². The molecule has 0 fully saturated rings. The highest BCUT2D eigenvalue weighted by Gasteiger charge is 2.05. The van der Waals surface area contributed by atoms with Gasteiger partial charge in [-0.25, -0.2) is 0 Å². The quantitative estimate of drug-likeness (QED) is 0.903. The number of amides is 1. The van der Waals surface area contributed by atoms with Crippen molar-refractivity contribution in [2.24, 2.45) is 0 Å². The van der Waals surface area contributed by atoms with E-state index in [-0.39, 0.29) is 7.33 Å². The van der Waals surface area contributed by atoms with Gasteiger partial charge in [0, 0.05) is 26.9 Å². The van der Waals surface area contributed by atoms with Crippen LogP contribution in [-0.2, 0) is 11.2 Å². The predicted octanol–water partition coefficient (Wildman–Crippen LogP) is 2.13. The van der Waals surface area contributed by atoms with Gasteiger partial charge in [0.1, 0.15) is 10.0 Å². The Labute approximate surface area is 105 Å². The van der Waals surface area contributed by atoms with Gasteiger partial charge in [-0.2, -0.15) is 0 Å². The van der Waals surface area contributed by atoms with Gasteiger partial charge in [0.25, 0.3) is 0 Å². The molecule has 1 amide bonds. The molecule has 17 heavy (non-hydrogen) atoms. The number of aromatic nitrogens is 2. The molecule has 90 valence electrons. The summed E-state index contributed by atoms with van der Waals surface area (Å²) in [6, 6.07) is 9.96. The number of rotatable bonds is 4. The number of hydrogen-bond donors (Lipinski definition) is 1. The van der Waals surface area contributed by atoms with E-state index in [2.05, 4.69) is 15.5 Å². The molecule has 0 aliphatic heterocycles. The van der Waals surface area contributed by atoms with Gasteiger partial charge >= 0.3 is 0 Å². The van der Waals surface area contributed by atoms with Gasteiger partial charge in [-0.3, -0.25) is 4.79 Å². The molecule has 0 bridgehead atoms. The highest BCUT2D eigenvalue weighted by atomic mass is 32.1. The Hall–Kier alpha value is -1.75. The van der Waals surface area contributed by atoms with Crippen molar-refractivity contribution in [2.75, 3.05) is 6.54 Å². The van der Waals surface area contributed by atoms with Crippen molar-refractivity contribution >= 4 is 17.2 Å². The first-order valence-electron chi connectivity index (χ1n) is 5.38. The highest BCUT2D eigenvalue weighted by molar-refractivity contribution is 7.14. The summed E-state index contributed by atoms with van der Waals surface area (Å²) in [6.45, 7) is 2.12. The van der Waals surface area contributed by atoms with Crippen LogP contribution in [-0.4, -0.2) is 22.6 Å². The Morgan fingerprint density at radius 1 is 1.35 bits per heavy atom. The molecule has 1 N–H and O–H groups in total. The summed E-state index contributed by atoms with van der Waals surface area (Å²) < 4.78 is 0. The Morgan fingerprint density at radius 3 is 2.82 bits per heavy atom. The van der Waals surface area contributed by atoms with Crippen LogP contribution in [0.2, 0.25) is 0 Å². The Morgan fingerprint density at radius 2 is 2.12 bits per heavy atom. The number of carbonyl (C=O) groups is 1. The van der Waals surface area contributed by atoms with Gasteiger partial charge in [-0.1, -0.05) is 41.7 Å². The number of benzene rings is 1. The zero-order valence-electron chi connectivity index (χ0n) is 9.51. The standard InChI is InChI=1S/C12H13N3OS.H2/c1-9(16)13-8-7-11-14-15-12(17-11)10-5-3-2-4-6-10;/h2-6H,7-8H2,1H3,(H,13,16);1H. The Balaban J connectivity index is 0.00000162. The second-order valence-electron chi connectivity index (χ2n) is 3.60. The maximum Gasteiger partial charge on any atom is 0.216 e. The molecule has 5 heteroatoms. The molecule has 0 spiro atoms. The van der Waals surface area contributed by atoms with Gasteiger partial charge < -0.3 is 5.32 Å². The smallest absolute Gasteiger partial charge is 0.216 e. The number of hydrogen-bond acceptors (Lipinski definition) is 4. The van der Waals surface area contributed by atoms with E-state index in [0.29, 0.717) is 6.54 Å². The molecule has 0 unspecified atom stereocenters. The number of nitrogens with zero attached hydrogens (tertiary/aromatic N) is 2. The van der Waals surface area contributed by atoms with E-state index in [9.17, 15) is 4.79 Å². The lowest BCUT2D eigenvalue weighted by Gasteiger charge is -1.97. The van der Waals surface area contributed by atoms with E-state index >= 15 is 0 Å². The number of carbonyl (C=O) groups excluding carboxylic acids is 1. The summed E-state index contributed by atoms with van der Waals surface area (Å²) in [6.07, 6.45) is 0.726. The topological polar surface area (TPSA) is 54.9 Å². The molecular formula is C12H15N3OS. The molecule has 1 aromatic heterocycles. The fourth-order valence-electron chi connectivity index (χ4n) is 1.40. The van der Waals surface area contributed by atoms with Crippen molar-refractivity contribution in [3.63, 3.8) is 0 Å². The van der Waals surface area contributed by atoms with E-state index in [0.717, 1.165) is 22.0 Å². The SMILES string of the molecule is CC(=O)NCCc1nnc(-c2ccccc2)s1.[HH]. The zero-order chi connectivity index (χ0) is 12.1. The normalized spacial score (nSPS) is 10.2. The fourth-order valence-corrected chi connectivity index (χ4v) is 2.24. The van der Waals surface area contributed by atoms with Crippen LogP contribution in [0.15, 0.2) is 30.3 Å². The summed E-state index contributed by atoms with van der Waals surface area (Å²) in [7, 11) is 0. The van der Waals surface area contributed by atoms with E-state index in [1.54, 1.807) is 11.3 Å². The lowest BCUT2D eigenvalue weighted by molar-refractivity contribution is -0.118. The molecule has 2 rings (SSSR count). The molecule has 0 aliphatic carbocycles. The maximum atomic E-state index is 10.7. The first-order chi connectivity index (χ1) is 8.25. The summed E-state index contributed by atoms with van der Waals surface area (Å²) in [5.74, 6) is -0.0159. The molecule has 0 saturated carbocycles. The monoisotopic (exact) mass is 249 g/mol. The largest absolute Gasteiger partial charge is 0.356 e. The van der Waals surface area contributed by atoms with E-state index < -0.39 is 0 Å². The van der Waals surface area contributed by atoms with Crippen molar-refractivity contribution in [3.05, 3.63) is 35.3 Å². The van der Waals surface area contributed by atoms with Crippen LogP contribution in [0.3, 0.4) is 0 Å². The molecule has 0 aliphatic rings. The van der Waals surface area contributed by atoms with Crippen LogP contribution < -0.4 is 5.32 Å². The van der Waals surface area contributed by atoms with Crippen molar-refractivity contribution in [1.82, 2.24) is 15.5 Å². The molecule has 1 aromatic carbocycles. The molecule has 2 aromatic rings. The molecule has 4 nitrogen and oxygen atoms in total. The molecule has 0 radical (unpaired) electrons. The summed E-state index contributed by atoms with van der Waals surface area (Å²) in [4.78, 5) is 10.7. The third-order valence-corrected chi connectivity index (χ3v) is 3.23. The minimum atomic E-state index is -0.0159. The average molecular weight is 249 g/mol. The molecule has 1 heterocycles. The van der Waals surface area contributed by atoms with Gasteiger partial charge in [-0.15, -0.1) is 10.2 Å². The minimum Gasteiger partial charge on any atom is -0.356 e. The predicted molar refractivity (Wildman–Crippen MR) is 69.8 cm³/mol. The lowest BCUT2D eigenvalue weighted by atomic mass is 10.2. The molecule has 0 saturated heterocycles. The third kappa shape index (κ3) is 3.35. The van der Waals surface area contributed by atoms with Crippen LogP contribution >= 0.6 is 11.3 Å². The maximum absolute atomic E-state index is 10.7. The van der Waals surface area contributed by atoms with E-state index in [1.807, 2.05) is 30.3 Å². The Kier molecular flexibility index (Phi) is 3.82. The van der Waals surface area contributed by atoms with Crippen molar-refractivity contribution in [1.29, 1.82) is 0 Å². The van der Waals surface area contributed by atoms with Gasteiger partial charge in [0.2, 0.25) is 5.91 Å².